The molecule has 0 aliphatic carbocycles. The molecule has 0 aliphatic heterocycles. The summed E-state index contributed by atoms with van der Waals surface area (Å²) in [6, 6.07) is 11.1. The Hall–Kier alpha value is -2.21. The highest BCUT2D eigenvalue weighted by Crippen LogP contribution is 2.11. The van der Waals surface area contributed by atoms with Crippen LogP contribution in [0.1, 0.15) is 22.8 Å². The van der Waals surface area contributed by atoms with Crippen molar-refractivity contribution < 1.29 is 14.3 Å². The Labute approximate surface area is 136 Å². The summed E-state index contributed by atoms with van der Waals surface area (Å²) in [6.45, 7) is 1.92. The van der Waals surface area contributed by atoms with Crippen LogP contribution in [0.15, 0.2) is 53.3 Å². The quantitative estimate of drug-likeness (QED) is 0.830. The van der Waals surface area contributed by atoms with Gasteiger partial charge in [-0.1, -0.05) is 30.3 Å². The zero-order chi connectivity index (χ0) is 15.9. The lowest BCUT2D eigenvalue weighted by atomic mass is 10.2. The number of nitrogens with zero attached hydrogens (tertiary/aromatic N) is 1. The topological polar surface area (TPSA) is 68.3 Å². The van der Waals surface area contributed by atoms with Crippen molar-refractivity contribution in [2.75, 3.05) is 0 Å². The van der Waals surface area contributed by atoms with Gasteiger partial charge in [-0.3, -0.25) is 9.78 Å². The minimum atomic E-state index is -0.879. The number of halogens is 1. The molecular weight excluding hydrogens is 348 g/mol. The number of carbonyl (C=O) groups excluding carboxylic acids is 2. The summed E-state index contributed by atoms with van der Waals surface area (Å²) >= 11 is 3.23. The van der Waals surface area contributed by atoms with E-state index in [1.165, 1.54) is 13.1 Å². The largest absolute Gasteiger partial charge is 0.449 e. The Morgan fingerprint density at radius 3 is 2.68 bits per heavy atom. The molecule has 0 aliphatic rings. The van der Waals surface area contributed by atoms with Crippen LogP contribution in [0.2, 0.25) is 0 Å². The van der Waals surface area contributed by atoms with Crippen LogP contribution in [0.4, 0.5) is 0 Å². The van der Waals surface area contributed by atoms with Crippen LogP contribution < -0.4 is 5.32 Å². The van der Waals surface area contributed by atoms with Gasteiger partial charge in [-0.2, -0.15) is 0 Å². The lowest BCUT2D eigenvalue weighted by Gasteiger charge is -2.13. The second-order valence-corrected chi connectivity index (χ2v) is 5.56. The number of ether oxygens (including phenoxy) is 1. The molecule has 2 aromatic rings. The molecule has 0 radical (unpaired) electrons. The summed E-state index contributed by atoms with van der Waals surface area (Å²) in [6.07, 6.45) is 2.07. The first-order valence-corrected chi connectivity index (χ1v) is 7.48. The first-order valence-electron chi connectivity index (χ1n) is 6.69. The predicted octanol–water partition coefficient (Wildman–Crippen LogP) is 2.71. The highest BCUT2D eigenvalue weighted by molar-refractivity contribution is 9.10. The van der Waals surface area contributed by atoms with Gasteiger partial charge in [0, 0.05) is 23.4 Å². The molecule has 5 nitrogen and oxygen atoms in total. The van der Waals surface area contributed by atoms with Gasteiger partial charge in [-0.15, -0.1) is 0 Å². The molecule has 6 heteroatoms. The maximum atomic E-state index is 11.9. The lowest BCUT2D eigenvalue weighted by molar-refractivity contribution is -0.129. The molecule has 114 valence electrons. The fourth-order valence-corrected chi connectivity index (χ4v) is 2.10. The van der Waals surface area contributed by atoms with Crippen molar-refractivity contribution in [1.82, 2.24) is 10.3 Å². The van der Waals surface area contributed by atoms with Crippen molar-refractivity contribution in [3.05, 3.63) is 64.4 Å². The summed E-state index contributed by atoms with van der Waals surface area (Å²) in [5.41, 5.74) is 1.27. The molecule has 1 aromatic carbocycles. The molecule has 0 saturated heterocycles. The van der Waals surface area contributed by atoms with Crippen LogP contribution in [0, 0.1) is 0 Å². The molecule has 1 atom stereocenters. The van der Waals surface area contributed by atoms with E-state index in [9.17, 15) is 9.59 Å². The van der Waals surface area contributed by atoms with E-state index in [1.54, 1.807) is 12.3 Å². The fraction of sp³-hybridized carbons (Fsp3) is 0.188. The molecule has 0 unspecified atom stereocenters. The first kappa shape index (κ1) is 16.2. The van der Waals surface area contributed by atoms with Crippen molar-refractivity contribution in [3.8, 4) is 0 Å². The maximum absolute atomic E-state index is 11.9. The van der Waals surface area contributed by atoms with E-state index < -0.39 is 12.1 Å². The van der Waals surface area contributed by atoms with Crippen LogP contribution in [0.3, 0.4) is 0 Å². The third-order valence-electron chi connectivity index (χ3n) is 2.90. The predicted molar refractivity (Wildman–Crippen MR) is 85.1 cm³/mol. The Morgan fingerprint density at radius 2 is 2.00 bits per heavy atom. The van der Waals surface area contributed by atoms with Gasteiger partial charge in [0.2, 0.25) is 0 Å². The second kappa shape index (κ2) is 7.70. The highest BCUT2D eigenvalue weighted by atomic mass is 79.9. The average Bonchev–Trinajstić information content (AvgIpc) is 2.53. The fourth-order valence-electron chi connectivity index (χ4n) is 1.73. The Kier molecular flexibility index (Phi) is 5.66. The lowest BCUT2D eigenvalue weighted by Crippen LogP contribution is -2.35. The van der Waals surface area contributed by atoms with Crippen LogP contribution in [-0.4, -0.2) is 23.0 Å². The van der Waals surface area contributed by atoms with Crippen LogP contribution in [0.25, 0.3) is 0 Å². The number of esters is 1. The van der Waals surface area contributed by atoms with E-state index in [0.717, 1.165) is 5.56 Å². The average molecular weight is 363 g/mol. The molecule has 0 spiro atoms. The third kappa shape index (κ3) is 4.66. The van der Waals surface area contributed by atoms with Gasteiger partial charge in [0.1, 0.15) is 0 Å². The second-order valence-electron chi connectivity index (χ2n) is 4.64. The number of amides is 1. The van der Waals surface area contributed by atoms with E-state index in [0.29, 0.717) is 11.0 Å². The molecular formula is C16H15BrN2O3. The highest BCUT2D eigenvalue weighted by Gasteiger charge is 2.19. The normalized spacial score (nSPS) is 11.5. The SMILES string of the molecule is C[C@@H](OC(=O)c1cncc(Br)c1)C(=O)NCc1ccccc1. The molecule has 1 N–H and O–H groups in total. The number of carbonyl (C=O) groups is 2. The number of rotatable bonds is 5. The summed E-state index contributed by atoms with van der Waals surface area (Å²) in [5.74, 6) is -0.934. The Balaban J connectivity index is 1.87. The van der Waals surface area contributed by atoms with Crippen molar-refractivity contribution in [1.29, 1.82) is 0 Å². The Bertz CT molecular complexity index is 661. The Morgan fingerprint density at radius 1 is 1.27 bits per heavy atom. The molecule has 1 aromatic heterocycles. The van der Waals surface area contributed by atoms with E-state index in [2.05, 4.69) is 26.2 Å². The molecule has 0 fully saturated rings. The zero-order valence-corrected chi connectivity index (χ0v) is 13.5. The van der Waals surface area contributed by atoms with Crippen molar-refractivity contribution in [2.24, 2.45) is 0 Å². The molecule has 0 bridgehead atoms. The van der Waals surface area contributed by atoms with E-state index >= 15 is 0 Å². The van der Waals surface area contributed by atoms with Gasteiger partial charge in [0.15, 0.2) is 6.10 Å². The molecule has 2 rings (SSSR count). The number of hydrogen-bond donors (Lipinski definition) is 1. The monoisotopic (exact) mass is 362 g/mol. The van der Waals surface area contributed by atoms with Gasteiger partial charge < -0.3 is 10.1 Å². The third-order valence-corrected chi connectivity index (χ3v) is 3.34. The number of benzene rings is 1. The number of aromatic nitrogens is 1. The number of hydrogen-bond acceptors (Lipinski definition) is 4. The smallest absolute Gasteiger partial charge is 0.340 e. The minimum absolute atomic E-state index is 0.289. The van der Waals surface area contributed by atoms with E-state index in [4.69, 9.17) is 4.74 Å². The van der Waals surface area contributed by atoms with Crippen LogP contribution in [0.5, 0.6) is 0 Å². The van der Waals surface area contributed by atoms with Gasteiger partial charge in [-0.05, 0) is 34.5 Å². The first-order chi connectivity index (χ1) is 10.6. The minimum Gasteiger partial charge on any atom is -0.449 e. The number of pyridine rings is 1. The summed E-state index contributed by atoms with van der Waals surface area (Å²) in [5, 5.41) is 2.73. The molecule has 0 saturated carbocycles. The van der Waals surface area contributed by atoms with Gasteiger partial charge in [-0.25, -0.2) is 4.79 Å². The van der Waals surface area contributed by atoms with Crippen molar-refractivity contribution in [3.63, 3.8) is 0 Å². The van der Waals surface area contributed by atoms with Crippen LogP contribution in [-0.2, 0) is 16.1 Å². The van der Waals surface area contributed by atoms with E-state index in [1.807, 2.05) is 30.3 Å². The van der Waals surface area contributed by atoms with Crippen molar-refractivity contribution >= 4 is 27.8 Å². The standard InChI is InChI=1S/C16H15BrN2O3/c1-11(15(20)19-8-12-5-3-2-4-6-12)22-16(21)13-7-14(17)10-18-9-13/h2-7,9-11H,8H2,1H3,(H,19,20)/t11-/m1/s1. The summed E-state index contributed by atoms with van der Waals surface area (Å²) in [4.78, 5) is 27.7. The van der Waals surface area contributed by atoms with Gasteiger partial charge in [0.25, 0.3) is 5.91 Å². The zero-order valence-electron chi connectivity index (χ0n) is 12.0. The molecule has 1 amide bonds. The molecule has 1 heterocycles. The van der Waals surface area contributed by atoms with Gasteiger partial charge >= 0.3 is 5.97 Å². The van der Waals surface area contributed by atoms with Gasteiger partial charge in [0.05, 0.1) is 5.56 Å². The summed E-state index contributed by atoms with van der Waals surface area (Å²) in [7, 11) is 0. The summed E-state index contributed by atoms with van der Waals surface area (Å²) < 4.78 is 5.80. The number of nitrogens with one attached hydrogen (secondary N) is 1. The maximum Gasteiger partial charge on any atom is 0.340 e. The molecule has 22 heavy (non-hydrogen) atoms. The van der Waals surface area contributed by atoms with Crippen molar-refractivity contribution in [2.45, 2.75) is 19.6 Å². The van der Waals surface area contributed by atoms with E-state index in [-0.39, 0.29) is 11.5 Å². The van der Waals surface area contributed by atoms with Crippen LogP contribution >= 0.6 is 15.9 Å².